The van der Waals surface area contributed by atoms with Crippen molar-refractivity contribution in [3.8, 4) is 11.5 Å². The number of amides is 4. The van der Waals surface area contributed by atoms with Crippen molar-refractivity contribution in [1.82, 2.24) is 40.6 Å². The summed E-state index contributed by atoms with van der Waals surface area (Å²) in [6.45, 7) is 1.71. The molecule has 14 nitrogen and oxygen atoms in total. The van der Waals surface area contributed by atoms with Crippen LogP contribution in [0, 0.1) is 0 Å². The highest BCUT2D eigenvalue weighted by atomic mass is 16.5. The van der Waals surface area contributed by atoms with Gasteiger partial charge in [-0.1, -0.05) is 10.4 Å². The van der Waals surface area contributed by atoms with E-state index in [1.807, 2.05) is 0 Å². The maximum Gasteiger partial charge on any atom is 0.319 e. The molecular formula is C25H30N10O4. The minimum absolute atomic E-state index is 0.244. The summed E-state index contributed by atoms with van der Waals surface area (Å²) in [5.41, 5.74) is 2.59. The van der Waals surface area contributed by atoms with E-state index >= 15 is 0 Å². The van der Waals surface area contributed by atoms with Crippen LogP contribution in [0.4, 0.5) is 21.0 Å². The van der Waals surface area contributed by atoms with Gasteiger partial charge in [0.1, 0.15) is 22.9 Å². The first kappa shape index (κ1) is 26.9. The smallest absolute Gasteiger partial charge is 0.319 e. The van der Waals surface area contributed by atoms with Gasteiger partial charge in [0.25, 0.3) is 0 Å². The van der Waals surface area contributed by atoms with Crippen LogP contribution < -0.4 is 30.7 Å². The number of rotatable bonds is 12. The van der Waals surface area contributed by atoms with Gasteiger partial charge in [-0.25, -0.2) is 9.59 Å². The molecule has 39 heavy (non-hydrogen) atoms. The van der Waals surface area contributed by atoms with Crippen molar-refractivity contribution in [3.63, 3.8) is 0 Å². The van der Waals surface area contributed by atoms with Gasteiger partial charge >= 0.3 is 12.1 Å². The molecule has 0 bridgehead atoms. The Morgan fingerprint density at radius 2 is 1.10 bits per heavy atom. The molecule has 2 heterocycles. The lowest BCUT2D eigenvalue weighted by Gasteiger charge is -2.07. The number of benzene rings is 2. The maximum absolute atomic E-state index is 12.1. The highest BCUT2D eigenvalue weighted by Gasteiger charge is 2.07. The van der Waals surface area contributed by atoms with E-state index in [2.05, 4.69) is 41.9 Å². The zero-order chi connectivity index (χ0) is 27.5. The van der Waals surface area contributed by atoms with Gasteiger partial charge in [0, 0.05) is 24.5 Å². The third-order valence-electron chi connectivity index (χ3n) is 5.50. The highest BCUT2D eigenvalue weighted by Crippen LogP contribution is 2.15. The molecule has 204 valence electrons. The van der Waals surface area contributed by atoms with E-state index in [1.54, 1.807) is 84.5 Å². The molecule has 0 saturated carbocycles. The van der Waals surface area contributed by atoms with E-state index < -0.39 is 0 Å². The van der Waals surface area contributed by atoms with Gasteiger partial charge in [0.15, 0.2) is 0 Å². The third-order valence-corrected chi connectivity index (χ3v) is 5.50. The quantitative estimate of drug-likeness (QED) is 0.216. The second kappa shape index (κ2) is 13.4. The molecule has 4 N–H and O–H groups in total. The number of anilines is 2. The van der Waals surface area contributed by atoms with Crippen LogP contribution in [0.2, 0.25) is 0 Å². The van der Waals surface area contributed by atoms with E-state index in [4.69, 9.17) is 9.47 Å². The van der Waals surface area contributed by atoms with Crippen LogP contribution in [0.1, 0.15) is 17.8 Å². The number of hydrogen-bond acceptors (Lipinski definition) is 8. The summed E-state index contributed by atoms with van der Waals surface area (Å²) in [5.74, 6) is 1.43. The Kier molecular flexibility index (Phi) is 9.26. The molecule has 0 aliphatic rings. The van der Waals surface area contributed by atoms with Crippen LogP contribution in [-0.2, 0) is 26.2 Å². The minimum Gasteiger partial charge on any atom is -0.497 e. The Morgan fingerprint density at radius 3 is 1.49 bits per heavy atom. The van der Waals surface area contributed by atoms with Gasteiger partial charge in [0.05, 0.1) is 39.7 Å². The third kappa shape index (κ3) is 8.45. The second-order valence-electron chi connectivity index (χ2n) is 8.37. The fourth-order valence-corrected chi connectivity index (χ4v) is 3.49. The van der Waals surface area contributed by atoms with Gasteiger partial charge in [0.2, 0.25) is 0 Å². The molecule has 4 aromatic rings. The molecule has 4 amide bonds. The van der Waals surface area contributed by atoms with Crippen molar-refractivity contribution in [1.29, 1.82) is 0 Å². The Morgan fingerprint density at radius 1 is 0.692 bits per heavy atom. The molecule has 0 radical (unpaired) electrons. The molecule has 2 aromatic carbocycles. The number of nitrogens with zero attached hydrogens (tertiary/aromatic N) is 6. The lowest BCUT2D eigenvalue weighted by molar-refractivity contribution is 0.251. The molecule has 14 heteroatoms. The van der Waals surface area contributed by atoms with Crippen molar-refractivity contribution < 1.29 is 19.1 Å². The van der Waals surface area contributed by atoms with Crippen LogP contribution in [0.25, 0.3) is 0 Å². The number of carbonyl (C=O) groups is 2. The first-order valence-electron chi connectivity index (χ1n) is 12.2. The van der Waals surface area contributed by atoms with Crippen LogP contribution in [0.5, 0.6) is 11.5 Å². The summed E-state index contributed by atoms with van der Waals surface area (Å²) < 4.78 is 13.6. The average molecular weight is 535 g/mol. The first-order valence-corrected chi connectivity index (χ1v) is 12.2. The molecule has 0 saturated heterocycles. The van der Waals surface area contributed by atoms with Crippen molar-refractivity contribution in [2.75, 3.05) is 24.9 Å². The maximum atomic E-state index is 12.1. The molecule has 0 aliphatic heterocycles. The van der Waals surface area contributed by atoms with Gasteiger partial charge in [-0.15, -0.1) is 10.2 Å². The molecule has 0 spiro atoms. The number of methoxy groups -OCH3 is 2. The molecule has 0 unspecified atom stereocenters. The minimum atomic E-state index is -0.343. The summed E-state index contributed by atoms with van der Waals surface area (Å²) in [7, 11) is 3.17. The lowest BCUT2D eigenvalue weighted by Crippen LogP contribution is -2.28. The average Bonchev–Trinajstić information content (AvgIpc) is 3.61. The van der Waals surface area contributed by atoms with Crippen LogP contribution in [0.3, 0.4) is 0 Å². The topological polar surface area (TPSA) is 162 Å². The van der Waals surface area contributed by atoms with Crippen molar-refractivity contribution in [2.24, 2.45) is 0 Å². The normalized spacial score (nSPS) is 10.5. The van der Waals surface area contributed by atoms with Crippen molar-refractivity contribution in [3.05, 3.63) is 72.3 Å². The van der Waals surface area contributed by atoms with E-state index in [-0.39, 0.29) is 25.2 Å². The SMILES string of the molecule is COc1ccc(NC(=O)NCc2cn(CCCn3cc(CNC(=O)Nc4ccc(OC)cc4)nn3)nn2)cc1. The predicted molar refractivity (Wildman–Crippen MR) is 142 cm³/mol. The standard InChI is InChI=1S/C25H30N10O4/c1-38-22-8-4-18(5-9-22)28-24(36)26-14-20-16-34(32-30-20)12-3-13-35-17-21(31-33-35)15-27-25(37)29-19-6-10-23(39-2)11-7-19/h4-11,16-17H,3,12-15H2,1-2H3,(H2,26,28,36)(H2,27,29,37). The van der Waals surface area contributed by atoms with Crippen molar-refractivity contribution in [2.45, 2.75) is 32.6 Å². The monoisotopic (exact) mass is 534 g/mol. The fraction of sp³-hybridized carbons (Fsp3) is 0.280. The summed E-state index contributed by atoms with van der Waals surface area (Å²) in [6.07, 6.45) is 4.31. The Balaban J connectivity index is 1.12. The number of nitrogens with one attached hydrogen (secondary N) is 4. The highest BCUT2D eigenvalue weighted by molar-refractivity contribution is 5.89. The molecule has 0 aliphatic carbocycles. The van der Waals surface area contributed by atoms with E-state index in [9.17, 15) is 9.59 Å². The number of aromatic nitrogens is 6. The van der Waals surface area contributed by atoms with Crippen LogP contribution >= 0.6 is 0 Å². The Bertz CT molecular complexity index is 1250. The molecule has 0 fully saturated rings. The Hall–Kier alpha value is -5.14. The fourth-order valence-electron chi connectivity index (χ4n) is 3.49. The lowest BCUT2D eigenvalue weighted by atomic mass is 10.3. The zero-order valence-corrected chi connectivity index (χ0v) is 21.6. The summed E-state index contributed by atoms with van der Waals surface area (Å²) in [4.78, 5) is 24.2. The second-order valence-corrected chi connectivity index (χ2v) is 8.37. The van der Waals surface area contributed by atoms with E-state index in [0.29, 0.717) is 47.4 Å². The first-order chi connectivity index (χ1) is 19.0. The number of carbonyl (C=O) groups excluding carboxylic acids is 2. The zero-order valence-electron chi connectivity index (χ0n) is 21.6. The number of aryl methyl sites for hydroxylation is 2. The molecule has 4 rings (SSSR count). The summed E-state index contributed by atoms with van der Waals surface area (Å²) in [6, 6.07) is 13.4. The Labute approximate surface area is 224 Å². The molecule has 2 aromatic heterocycles. The van der Waals surface area contributed by atoms with Gasteiger partial charge in [-0.3, -0.25) is 9.36 Å². The number of ether oxygens (including phenoxy) is 2. The number of hydrogen-bond donors (Lipinski definition) is 4. The predicted octanol–water partition coefficient (Wildman–Crippen LogP) is 2.62. The van der Waals surface area contributed by atoms with E-state index in [1.165, 1.54) is 0 Å². The van der Waals surface area contributed by atoms with Crippen LogP contribution in [0.15, 0.2) is 60.9 Å². The van der Waals surface area contributed by atoms with E-state index in [0.717, 1.165) is 6.42 Å². The van der Waals surface area contributed by atoms with Gasteiger partial charge in [-0.2, -0.15) is 0 Å². The van der Waals surface area contributed by atoms with Crippen LogP contribution in [-0.4, -0.2) is 56.3 Å². The summed E-state index contributed by atoms with van der Waals surface area (Å²) >= 11 is 0. The largest absolute Gasteiger partial charge is 0.497 e. The molecule has 0 atom stereocenters. The summed E-state index contributed by atoms with van der Waals surface area (Å²) in [5, 5.41) is 27.4. The number of urea groups is 2. The molecular weight excluding hydrogens is 504 g/mol. The van der Waals surface area contributed by atoms with Gasteiger partial charge < -0.3 is 30.7 Å². The van der Waals surface area contributed by atoms with Crippen molar-refractivity contribution >= 4 is 23.4 Å². The van der Waals surface area contributed by atoms with Gasteiger partial charge in [-0.05, 0) is 55.0 Å².